The molecule has 3 aromatic carbocycles. The highest BCUT2D eigenvalue weighted by Gasteiger charge is 2.13. The highest BCUT2D eigenvalue weighted by Crippen LogP contribution is 2.18. The first-order chi connectivity index (χ1) is 14.7. The first-order valence-electron chi connectivity index (χ1n) is 9.76. The zero-order valence-corrected chi connectivity index (χ0v) is 16.8. The molecule has 2 N–H and O–H groups in total. The molecular formula is C24H24N2O4. The summed E-state index contributed by atoms with van der Waals surface area (Å²) in [5.41, 5.74) is 1.37. The van der Waals surface area contributed by atoms with Crippen molar-refractivity contribution in [2.75, 3.05) is 25.1 Å². The topological polar surface area (TPSA) is 76.7 Å². The predicted molar refractivity (Wildman–Crippen MR) is 116 cm³/mol. The van der Waals surface area contributed by atoms with Crippen LogP contribution in [-0.4, -0.2) is 31.6 Å². The molecule has 0 radical (unpaired) electrons. The Kier molecular flexibility index (Phi) is 7.44. The van der Waals surface area contributed by atoms with Crippen molar-refractivity contribution in [3.63, 3.8) is 0 Å². The Bertz CT molecular complexity index is 972. The van der Waals surface area contributed by atoms with Crippen molar-refractivity contribution in [1.82, 2.24) is 5.32 Å². The monoisotopic (exact) mass is 404 g/mol. The van der Waals surface area contributed by atoms with E-state index in [4.69, 9.17) is 9.47 Å². The van der Waals surface area contributed by atoms with Gasteiger partial charge in [-0.1, -0.05) is 30.3 Å². The summed E-state index contributed by atoms with van der Waals surface area (Å²) in [4.78, 5) is 25.0. The predicted octanol–water partition coefficient (Wildman–Crippen LogP) is 4.15. The minimum absolute atomic E-state index is 0.269. The third-order valence-corrected chi connectivity index (χ3v) is 4.25. The Morgan fingerprint density at radius 2 is 1.40 bits per heavy atom. The Morgan fingerprint density at radius 1 is 0.767 bits per heavy atom. The number of carbonyl (C=O) groups excluding carboxylic acids is 2. The molecule has 0 bridgehead atoms. The molecule has 0 fully saturated rings. The summed E-state index contributed by atoms with van der Waals surface area (Å²) in [6, 6.07) is 23.1. The molecule has 0 aromatic heterocycles. The minimum Gasteiger partial charge on any atom is -0.494 e. The summed E-state index contributed by atoms with van der Waals surface area (Å²) in [5, 5.41) is 5.61. The lowest BCUT2D eigenvalue weighted by molar-refractivity contribution is 0.0948. The zero-order chi connectivity index (χ0) is 21.2. The number of para-hydroxylation sites is 1. The van der Waals surface area contributed by atoms with Gasteiger partial charge in [0.15, 0.2) is 0 Å². The molecule has 2 amide bonds. The molecule has 154 valence electrons. The van der Waals surface area contributed by atoms with Crippen molar-refractivity contribution in [2.45, 2.75) is 6.92 Å². The lowest BCUT2D eigenvalue weighted by atomic mass is 10.1. The van der Waals surface area contributed by atoms with Gasteiger partial charge in [0.25, 0.3) is 11.8 Å². The first kappa shape index (κ1) is 20.9. The normalized spacial score (nSPS) is 10.2. The van der Waals surface area contributed by atoms with Crippen LogP contribution >= 0.6 is 0 Å². The van der Waals surface area contributed by atoms with Crippen LogP contribution < -0.4 is 20.1 Å². The van der Waals surface area contributed by atoms with E-state index in [0.29, 0.717) is 42.3 Å². The Labute approximate surface area is 175 Å². The number of nitrogens with one attached hydrogen (secondary N) is 2. The molecule has 0 saturated carbocycles. The number of benzene rings is 3. The van der Waals surface area contributed by atoms with E-state index < -0.39 is 0 Å². The van der Waals surface area contributed by atoms with Crippen LogP contribution in [0.5, 0.6) is 11.5 Å². The Balaban J connectivity index is 1.52. The Morgan fingerprint density at radius 3 is 2.10 bits per heavy atom. The maximum Gasteiger partial charge on any atom is 0.255 e. The summed E-state index contributed by atoms with van der Waals surface area (Å²) in [7, 11) is 0. The second-order valence-corrected chi connectivity index (χ2v) is 6.37. The van der Waals surface area contributed by atoms with Crippen LogP contribution in [0.3, 0.4) is 0 Å². The average molecular weight is 404 g/mol. The first-order valence-corrected chi connectivity index (χ1v) is 9.76. The van der Waals surface area contributed by atoms with Crippen molar-refractivity contribution >= 4 is 17.5 Å². The van der Waals surface area contributed by atoms with E-state index in [1.54, 1.807) is 48.5 Å². The van der Waals surface area contributed by atoms with Gasteiger partial charge in [-0.05, 0) is 55.5 Å². The van der Waals surface area contributed by atoms with Crippen molar-refractivity contribution in [3.05, 3.63) is 90.0 Å². The lowest BCUT2D eigenvalue weighted by Crippen LogP contribution is -2.29. The van der Waals surface area contributed by atoms with Crippen LogP contribution in [0.2, 0.25) is 0 Å². The van der Waals surface area contributed by atoms with E-state index in [1.165, 1.54) is 0 Å². The van der Waals surface area contributed by atoms with Crippen LogP contribution in [0.15, 0.2) is 78.9 Å². The van der Waals surface area contributed by atoms with Gasteiger partial charge in [0.2, 0.25) is 0 Å². The van der Waals surface area contributed by atoms with Crippen molar-refractivity contribution in [1.29, 1.82) is 0 Å². The molecule has 0 spiro atoms. The fraction of sp³-hybridized carbons (Fsp3) is 0.167. The summed E-state index contributed by atoms with van der Waals surface area (Å²) in [5.74, 6) is 0.930. The second-order valence-electron chi connectivity index (χ2n) is 6.37. The third kappa shape index (κ3) is 5.85. The fourth-order valence-corrected chi connectivity index (χ4v) is 2.80. The molecule has 0 saturated heterocycles. The van der Waals surface area contributed by atoms with E-state index in [0.717, 1.165) is 5.75 Å². The lowest BCUT2D eigenvalue weighted by Gasteiger charge is -2.12. The maximum atomic E-state index is 12.6. The van der Waals surface area contributed by atoms with Gasteiger partial charge in [-0.2, -0.15) is 0 Å². The van der Waals surface area contributed by atoms with Gasteiger partial charge in [0, 0.05) is 5.56 Å². The molecule has 30 heavy (non-hydrogen) atoms. The number of ether oxygens (including phenoxy) is 2. The van der Waals surface area contributed by atoms with Crippen LogP contribution in [0.25, 0.3) is 0 Å². The molecule has 3 rings (SSSR count). The van der Waals surface area contributed by atoms with Gasteiger partial charge in [0.05, 0.1) is 24.4 Å². The van der Waals surface area contributed by atoms with Crippen LogP contribution in [-0.2, 0) is 0 Å². The van der Waals surface area contributed by atoms with Gasteiger partial charge < -0.3 is 20.1 Å². The smallest absolute Gasteiger partial charge is 0.255 e. The highest BCUT2D eigenvalue weighted by molar-refractivity contribution is 6.08. The van der Waals surface area contributed by atoms with E-state index in [-0.39, 0.29) is 11.8 Å². The summed E-state index contributed by atoms with van der Waals surface area (Å²) >= 11 is 0. The van der Waals surface area contributed by atoms with E-state index in [2.05, 4.69) is 10.6 Å². The molecule has 0 heterocycles. The number of hydrogen-bond donors (Lipinski definition) is 2. The molecule has 0 aliphatic rings. The SMILES string of the molecule is CCOc1ccc(OCCNC(=O)c2ccccc2NC(=O)c2ccccc2)cc1. The van der Waals surface area contributed by atoms with Gasteiger partial charge in [-0.15, -0.1) is 0 Å². The minimum atomic E-state index is -0.283. The second kappa shape index (κ2) is 10.7. The molecule has 0 unspecified atom stereocenters. The van der Waals surface area contributed by atoms with Gasteiger partial charge in [-0.25, -0.2) is 0 Å². The maximum absolute atomic E-state index is 12.6. The molecular weight excluding hydrogens is 380 g/mol. The molecule has 0 aliphatic carbocycles. The van der Waals surface area contributed by atoms with E-state index in [1.807, 2.05) is 37.3 Å². The highest BCUT2D eigenvalue weighted by atomic mass is 16.5. The largest absolute Gasteiger partial charge is 0.494 e. The number of hydrogen-bond acceptors (Lipinski definition) is 4. The molecule has 0 atom stereocenters. The van der Waals surface area contributed by atoms with Gasteiger partial charge in [-0.3, -0.25) is 9.59 Å². The fourth-order valence-electron chi connectivity index (χ4n) is 2.80. The summed E-state index contributed by atoms with van der Waals surface area (Å²) < 4.78 is 11.0. The van der Waals surface area contributed by atoms with Crippen molar-refractivity contribution < 1.29 is 19.1 Å². The third-order valence-electron chi connectivity index (χ3n) is 4.25. The van der Waals surface area contributed by atoms with Gasteiger partial charge >= 0.3 is 0 Å². The zero-order valence-electron chi connectivity index (χ0n) is 16.8. The van der Waals surface area contributed by atoms with Crippen molar-refractivity contribution in [2.24, 2.45) is 0 Å². The van der Waals surface area contributed by atoms with E-state index >= 15 is 0 Å². The van der Waals surface area contributed by atoms with Crippen LogP contribution in [0, 0.1) is 0 Å². The number of rotatable bonds is 9. The van der Waals surface area contributed by atoms with Gasteiger partial charge in [0.1, 0.15) is 18.1 Å². The number of carbonyl (C=O) groups is 2. The molecule has 3 aromatic rings. The Hall–Kier alpha value is -3.80. The van der Waals surface area contributed by atoms with Crippen molar-refractivity contribution in [3.8, 4) is 11.5 Å². The van der Waals surface area contributed by atoms with Crippen LogP contribution in [0.1, 0.15) is 27.6 Å². The summed E-state index contributed by atoms with van der Waals surface area (Å²) in [6.07, 6.45) is 0. The quantitative estimate of drug-likeness (QED) is 0.526. The molecule has 6 nitrogen and oxygen atoms in total. The molecule has 6 heteroatoms. The number of anilines is 1. The van der Waals surface area contributed by atoms with E-state index in [9.17, 15) is 9.59 Å². The molecule has 0 aliphatic heterocycles. The average Bonchev–Trinajstić information content (AvgIpc) is 2.79. The summed E-state index contributed by atoms with van der Waals surface area (Å²) in [6.45, 7) is 3.18. The van der Waals surface area contributed by atoms with Crippen LogP contribution in [0.4, 0.5) is 5.69 Å². The standard InChI is InChI=1S/C24H24N2O4/c1-2-29-19-12-14-20(15-13-19)30-17-16-25-24(28)21-10-6-7-11-22(21)26-23(27)18-8-4-3-5-9-18/h3-15H,2,16-17H2,1H3,(H,25,28)(H,26,27). The number of amides is 2.